The molecule has 60 valence electrons. The second-order valence-electron chi connectivity index (χ2n) is 1.32. The minimum absolute atomic E-state index is 0. The fourth-order valence-corrected chi connectivity index (χ4v) is 0. The van der Waals surface area contributed by atoms with E-state index in [9.17, 15) is 4.79 Å². The molecule has 0 bridgehead atoms. The van der Waals surface area contributed by atoms with E-state index >= 15 is 0 Å². The number of hydrogen-bond donors (Lipinski definition) is 2. The van der Waals surface area contributed by atoms with Crippen LogP contribution >= 0.6 is 0 Å². The topological polar surface area (TPSA) is 103 Å². The fraction of sp³-hybridized carbons (Fsp3) is 0.600. The number of carbonyl (C=O) groups is 2. The van der Waals surface area contributed by atoms with Gasteiger partial charge in [0.15, 0.2) is 0 Å². The van der Waals surface area contributed by atoms with Gasteiger partial charge in [0.05, 0.1) is 5.97 Å². The van der Waals surface area contributed by atoms with Crippen molar-refractivity contribution >= 4 is 35.0 Å². The van der Waals surface area contributed by atoms with Gasteiger partial charge in [-0.1, -0.05) is 6.92 Å². The van der Waals surface area contributed by atoms with Gasteiger partial charge < -0.3 is 20.7 Å². The number of carbonyl (C=O) groups excluding carboxylic acids is 1. The van der Waals surface area contributed by atoms with Crippen LogP contribution in [0.4, 0.5) is 0 Å². The first-order chi connectivity index (χ1) is 4.54. The fourth-order valence-electron chi connectivity index (χ4n) is 0. The van der Waals surface area contributed by atoms with Gasteiger partial charge in [-0.3, -0.25) is 4.79 Å². The van der Waals surface area contributed by atoms with E-state index in [4.69, 9.17) is 15.0 Å². The van der Waals surface area contributed by atoms with Gasteiger partial charge in [0, 0.05) is 13.0 Å². The zero-order valence-electron chi connectivity index (χ0n) is 6.37. The minimum Gasteiger partial charge on any atom is -0.549 e. The maximum absolute atomic E-state index is 9.37. The summed E-state index contributed by atoms with van der Waals surface area (Å²) in [5, 5.41) is 16.9. The van der Waals surface area contributed by atoms with Crippen molar-refractivity contribution in [3.05, 3.63) is 0 Å². The van der Waals surface area contributed by atoms with Crippen molar-refractivity contribution in [3.8, 4) is 0 Å². The van der Waals surface area contributed by atoms with Crippen molar-refractivity contribution in [1.29, 1.82) is 0 Å². The maximum atomic E-state index is 9.37. The molecule has 0 heterocycles. The van der Waals surface area contributed by atoms with Crippen molar-refractivity contribution < 1.29 is 19.8 Å². The first kappa shape index (κ1) is 17.0. The smallest absolute Gasteiger partial charge is 0.549 e. The first-order valence-electron chi connectivity index (χ1n) is 2.66. The molecule has 0 radical (unpaired) electrons. The van der Waals surface area contributed by atoms with Crippen molar-refractivity contribution in [2.24, 2.45) is 5.73 Å². The molecule has 0 saturated carbocycles. The van der Waals surface area contributed by atoms with Crippen LogP contribution in [-0.2, 0) is 9.59 Å². The van der Waals surface area contributed by atoms with Crippen LogP contribution in [0, 0.1) is 0 Å². The quantitative estimate of drug-likeness (QED) is 0.460. The van der Waals surface area contributed by atoms with Crippen LogP contribution in [0.15, 0.2) is 0 Å². The summed E-state index contributed by atoms with van der Waals surface area (Å²) in [5.41, 5.74) is 4.51. The zero-order valence-corrected chi connectivity index (χ0v) is 7.78. The van der Waals surface area contributed by atoms with Gasteiger partial charge in [-0.15, -0.1) is 0 Å². The Kier molecular flexibility index (Phi) is 19.0. The van der Waals surface area contributed by atoms with Gasteiger partial charge >= 0.3 is 29.0 Å². The molecule has 3 N–H and O–H groups in total. The van der Waals surface area contributed by atoms with E-state index in [1.807, 2.05) is 0 Å². The molecule has 0 rings (SSSR count). The van der Waals surface area contributed by atoms with Crippen LogP contribution < -0.4 is 10.8 Å². The van der Waals surface area contributed by atoms with Crippen LogP contribution in [0.3, 0.4) is 0 Å². The average molecular weight is 172 g/mol. The zero-order chi connectivity index (χ0) is 8.57. The summed E-state index contributed by atoms with van der Waals surface area (Å²) in [4.78, 5) is 18.5. The molecule has 0 aliphatic rings. The molecule has 0 aromatic carbocycles. The number of aliphatic carboxylic acids is 2. The molecule has 0 aliphatic heterocycles. The Bertz CT molecular complexity index is 103. The van der Waals surface area contributed by atoms with Crippen molar-refractivity contribution in [2.45, 2.75) is 13.3 Å². The van der Waals surface area contributed by atoms with E-state index in [1.54, 1.807) is 6.92 Å². The molecule has 0 spiro atoms. The summed E-state index contributed by atoms with van der Waals surface area (Å²) in [6, 6.07) is 0. The Morgan fingerprint density at radius 2 is 1.73 bits per heavy atom. The molecule has 6 heteroatoms. The van der Waals surface area contributed by atoms with Gasteiger partial charge in [-0.05, 0) is 0 Å². The van der Waals surface area contributed by atoms with Gasteiger partial charge in [-0.25, -0.2) is 0 Å². The van der Waals surface area contributed by atoms with E-state index < -0.39 is 11.9 Å². The van der Waals surface area contributed by atoms with Gasteiger partial charge in [0.2, 0.25) is 0 Å². The predicted octanol–water partition coefficient (Wildman–Crippen LogP) is -2.20. The Labute approximate surface area is 80.7 Å². The molecule has 0 saturated heterocycles. The summed E-state index contributed by atoms with van der Waals surface area (Å²) < 4.78 is 0. The minimum atomic E-state index is -1.22. The Hall–Kier alpha value is -0.334. The van der Waals surface area contributed by atoms with E-state index in [1.165, 1.54) is 0 Å². The number of carboxylic acids is 2. The molecule has 0 fully saturated rings. The van der Waals surface area contributed by atoms with Crippen molar-refractivity contribution in [2.75, 3.05) is 6.54 Å². The third kappa shape index (κ3) is 42.3. The summed E-state index contributed by atoms with van der Waals surface area (Å²) in [7, 11) is 0. The molecule has 0 aromatic rings. The number of nitrogens with two attached hydrogens (primary N) is 1. The number of hydrogen-bond acceptors (Lipinski definition) is 4. The average Bonchev–Trinajstić information content (AvgIpc) is 1.89. The number of rotatable bonds is 2. The summed E-state index contributed by atoms with van der Waals surface area (Å²) >= 11 is 0. The molecule has 0 atom stereocenters. The summed E-state index contributed by atoms with van der Waals surface area (Å²) in [6.45, 7) is 1.21. The van der Waals surface area contributed by atoms with Gasteiger partial charge in [0.25, 0.3) is 0 Å². The van der Waals surface area contributed by atoms with E-state index in [2.05, 4.69) is 5.73 Å². The largest absolute Gasteiger partial charge is 2.00 e. The monoisotopic (exact) mass is 172 g/mol. The first-order valence-corrected chi connectivity index (χ1v) is 2.66. The molecular weight excluding hydrogens is 162 g/mol. The number of carboxylic acid groups (broad SMARTS) is 2. The third-order valence-corrected chi connectivity index (χ3v) is 0.469. The van der Waals surface area contributed by atoms with Crippen molar-refractivity contribution in [1.82, 2.24) is 0 Å². The normalized spacial score (nSPS) is 6.73. The van der Waals surface area contributed by atoms with Crippen LogP contribution in [-0.4, -0.2) is 46.6 Å². The van der Waals surface area contributed by atoms with Crippen LogP contribution in [0.5, 0.6) is 0 Å². The Morgan fingerprint density at radius 1 is 1.55 bits per heavy atom. The predicted molar refractivity (Wildman–Crippen MR) is 37.7 cm³/mol. The molecule has 0 aliphatic carbocycles. The second-order valence-corrected chi connectivity index (χ2v) is 1.32. The molecule has 0 amide bonds. The SMILES string of the molecule is CCC(=O)O.NCC(=O)[O-].[Mg+2]. The van der Waals surface area contributed by atoms with Crippen LogP contribution in [0.25, 0.3) is 0 Å². The van der Waals surface area contributed by atoms with Crippen LogP contribution in [0.2, 0.25) is 0 Å². The summed E-state index contributed by atoms with van der Waals surface area (Å²) in [5.74, 6) is -1.96. The molecular formula is C5H10MgNO4+. The standard InChI is InChI=1S/C3H6O2.C2H5NO2.Mg/c1-2-3(4)5;3-1-2(4)5;/h2H2,1H3,(H,4,5);1,3H2,(H,4,5);/q;;+2/p-1. The maximum Gasteiger partial charge on any atom is 2.00 e. The van der Waals surface area contributed by atoms with Crippen LogP contribution in [0.1, 0.15) is 13.3 Å². The van der Waals surface area contributed by atoms with Crippen molar-refractivity contribution in [3.63, 3.8) is 0 Å². The summed E-state index contributed by atoms with van der Waals surface area (Å²) in [6.07, 6.45) is 0.222. The van der Waals surface area contributed by atoms with E-state index in [0.29, 0.717) is 0 Å². The third-order valence-electron chi connectivity index (χ3n) is 0.469. The van der Waals surface area contributed by atoms with Gasteiger partial charge in [-0.2, -0.15) is 0 Å². The van der Waals surface area contributed by atoms with Gasteiger partial charge in [0.1, 0.15) is 0 Å². The molecule has 11 heavy (non-hydrogen) atoms. The Balaban J connectivity index is -0.000000107. The van der Waals surface area contributed by atoms with E-state index in [0.717, 1.165) is 0 Å². The molecule has 0 aromatic heterocycles. The molecule has 5 nitrogen and oxygen atoms in total. The molecule has 0 unspecified atom stereocenters. The Morgan fingerprint density at radius 3 is 1.73 bits per heavy atom. The van der Waals surface area contributed by atoms with E-state index in [-0.39, 0.29) is 36.0 Å². The second kappa shape index (κ2) is 12.4.